The average Bonchev–Trinajstić information content (AvgIpc) is 2.72. The fourth-order valence-electron chi connectivity index (χ4n) is 3.32. The highest BCUT2D eigenvalue weighted by atomic mass is 32.2. The molecule has 1 aromatic heterocycles. The summed E-state index contributed by atoms with van der Waals surface area (Å²) in [6, 6.07) is 5.80. The summed E-state index contributed by atoms with van der Waals surface area (Å²) in [4.78, 5) is 27.6. The molecule has 0 aliphatic heterocycles. The number of nitrogens with one attached hydrogen (secondary N) is 2. The van der Waals surface area contributed by atoms with Crippen molar-refractivity contribution >= 4 is 26.8 Å². The van der Waals surface area contributed by atoms with E-state index in [1.165, 1.54) is 22.5 Å². The van der Waals surface area contributed by atoms with Crippen molar-refractivity contribution < 1.29 is 13.2 Å². The number of aromatic nitrogens is 1. The first kappa shape index (κ1) is 25.1. The first-order chi connectivity index (χ1) is 14.7. The molecule has 7 nitrogen and oxygen atoms in total. The van der Waals surface area contributed by atoms with Gasteiger partial charge in [0.2, 0.25) is 15.6 Å². The largest absolute Gasteiger partial charge is 0.352 e. The molecule has 2 N–H and O–H groups in total. The van der Waals surface area contributed by atoms with E-state index in [0.29, 0.717) is 36.5 Å². The van der Waals surface area contributed by atoms with Gasteiger partial charge in [0.15, 0.2) is 0 Å². The van der Waals surface area contributed by atoms with Crippen LogP contribution in [0.2, 0.25) is 0 Å². The molecular formula is C23H35N3O4S. The summed E-state index contributed by atoms with van der Waals surface area (Å²) in [6.45, 7) is 9.60. The third-order valence-electron chi connectivity index (χ3n) is 5.23. The molecule has 172 valence electrons. The van der Waals surface area contributed by atoms with Crippen LogP contribution in [0.25, 0.3) is 10.9 Å². The number of benzene rings is 1. The van der Waals surface area contributed by atoms with E-state index in [2.05, 4.69) is 24.1 Å². The predicted molar refractivity (Wildman–Crippen MR) is 125 cm³/mol. The highest BCUT2D eigenvalue weighted by Gasteiger charge is 2.24. The summed E-state index contributed by atoms with van der Waals surface area (Å²) in [5.41, 5.74) is 0.229. The molecular weight excluding hydrogens is 414 g/mol. The van der Waals surface area contributed by atoms with Crippen LogP contribution in [0.1, 0.15) is 70.2 Å². The predicted octanol–water partition coefficient (Wildman–Crippen LogP) is 3.89. The van der Waals surface area contributed by atoms with Gasteiger partial charge in [0.05, 0.1) is 10.5 Å². The lowest BCUT2D eigenvalue weighted by atomic mass is 10.1. The topological polar surface area (TPSA) is 99.3 Å². The monoisotopic (exact) mass is 449 g/mol. The molecule has 0 aliphatic rings. The third-order valence-corrected chi connectivity index (χ3v) is 7.12. The van der Waals surface area contributed by atoms with Gasteiger partial charge in [0, 0.05) is 36.6 Å². The number of fused-ring (bicyclic) bond motifs is 1. The van der Waals surface area contributed by atoms with Gasteiger partial charge < -0.3 is 10.3 Å². The number of hydrogen-bond acceptors (Lipinski definition) is 4. The highest BCUT2D eigenvalue weighted by Crippen LogP contribution is 2.23. The fourth-order valence-corrected chi connectivity index (χ4v) is 4.86. The van der Waals surface area contributed by atoms with Crippen LogP contribution in [0.3, 0.4) is 0 Å². The zero-order valence-electron chi connectivity index (χ0n) is 19.0. The smallest absolute Gasteiger partial charge is 0.252 e. The van der Waals surface area contributed by atoms with Gasteiger partial charge in [-0.05, 0) is 43.4 Å². The van der Waals surface area contributed by atoms with Crippen molar-refractivity contribution in [3.63, 3.8) is 0 Å². The van der Waals surface area contributed by atoms with Crippen molar-refractivity contribution in [2.45, 2.75) is 64.7 Å². The molecule has 0 spiro atoms. The average molecular weight is 450 g/mol. The van der Waals surface area contributed by atoms with Gasteiger partial charge in [-0.3, -0.25) is 9.59 Å². The number of hydrogen-bond donors (Lipinski definition) is 2. The standard InChI is InChI=1S/C23H35N3O4S/c1-5-7-13-26(14-8-6-2)31(29,30)18-9-10-21-19(15-18)20(16-22(27)25-21)23(28)24-12-11-17(3)4/h9-10,15-17H,5-8,11-14H2,1-4H3,(H,24,28)(H,25,27). The number of carbonyl (C=O) groups is 1. The highest BCUT2D eigenvalue weighted by molar-refractivity contribution is 7.89. The Morgan fingerprint density at radius 1 is 1.10 bits per heavy atom. The second kappa shape index (κ2) is 11.4. The molecule has 2 rings (SSSR count). The number of rotatable bonds is 12. The first-order valence-electron chi connectivity index (χ1n) is 11.2. The molecule has 1 amide bonds. The van der Waals surface area contributed by atoms with Crippen molar-refractivity contribution in [1.29, 1.82) is 0 Å². The summed E-state index contributed by atoms with van der Waals surface area (Å²) >= 11 is 0. The maximum absolute atomic E-state index is 13.3. The molecule has 0 bridgehead atoms. The Kier molecular flexibility index (Phi) is 9.25. The number of sulfonamides is 1. The Hall–Kier alpha value is -2.19. The number of H-pyrrole nitrogens is 1. The Bertz CT molecular complexity index is 1040. The number of carbonyl (C=O) groups excluding carboxylic acids is 1. The van der Waals surface area contributed by atoms with E-state index in [1.807, 2.05) is 13.8 Å². The second-order valence-corrected chi connectivity index (χ2v) is 10.2. The van der Waals surface area contributed by atoms with Crippen LogP contribution in [0, 0.1) is 5.92 Å². The number of aromatic amines is 1. The minimum absolute atomic E-state index is 0.135. The van der Waals surface area contributed by atoms with Crippen molar-refractivity contribution in [3.05, 3.63) is 40.2 Å². The maximum Gasteiger partial charge on any atom is 0.252 e. The molecule has 0 saturated heterocycles. The molecule has 0 atom stereocenters. The Morgan fingerprint density at radius 2 is 1.74 bits per heavy atom. The molecule has 2 aromatic rings. The number of amides is 1. The number of pyridine rings is 1. The van der Waals surface area contributed by atoms with Gasteiger partial charge in [-0.2, -0.15) is 4.31 Å². The normalized spacial score (nSPS) is 12.1. The molecule has 0 fully saturated rings. The first-order valence-corrected chi connectivity index (χ1v) is 12.6. The fraction of sp³-hybridized carbons (Fsp3) is 0.565. The van der Waals surface area contributed by atoms with Gasteiger partial charge in [-0.15, -0.1) is 0 Å². The van der Waals surface area contributed by atoms with Crippen molar-refractivity contribution in [2.75, 3.05) is 19.6 Å². The lowest BCUT2D eigenvalue weighted by molar-refractivity contribution is 0.0953. The number of unbranched alkanes of at least 4 members (excludes halogenated alkanes) is 2. The third kappa shape index (κ3) is 6.64. The molecule has 0 saturated carbocycles. The van der Waals surface area contributed by atoms with Crippen LogP contribution in [0.5, 0.6) is 0 Å². The molecule has 1 heterocycles. The van der Waals surface area contributed by atoms with E-state index in [0.717, 1.165) is 32.1 Å². The lowest BCUT2D eigenvalue weighted by Gasteiger charge is -2.22. The molecule has 8 heteroatoms. The molecule has 31 heavy (non-hydrogen) atoms. The van der Waals surface area contributed by atoms with E-state index in [-0.39, 0.29) is 16.4 Å². The lowest BCUT2D eigenvalue weighted by Crippen LogP contribution is -2.33. The number of nitrogens with zero attached hydrogens (tertiary/aromatic N) is 1. The van der Waals surface area contributed by atoms with Crippen LogP contribution in [-0.4, -0.2) is 43.2 Å². The summed E-state index contributed by atoms with van der Waals surface area (Å²) < 4.78 is 28.2. The van der Waals surface area contributed by atoms with E-state index >= 15 is 0 Å². The van der Waals surface area contributed by atoms with Gasteiger partial charge >= 0.3 is 0 Å². The van der Waals surface area contributed by atoms with Gasteiger partial charge in [-0.25, -0.2) is 8.42 Å². The zero-order chi connectivity index (χ0) is 23.0. The zero-order valence-corrected chi connectivity index (χ0v) is 19.8. The van der Waals surface area contributed by atoms with E-state index in [9.17, 15) is 18.0 Å². The van der Waals surface area contributed by atoms with Crippen molar-refractivity contribution in [1.82, 2.24) is 14.6 Å². The van der Waals surface area contributed by atoms with Gasteiger partial charge in [0.1, 0.15) is 0 Å². The van der Waals surface area contributed by atoms with Crippen LogP contribution in [-0.2, 0) is 10.0 Å². The van der Waals surface area contributed by atoms with E-state index in [1.54, 1.807) is 6.07 Å². The molecule has 0 radical (unpaired) electrons. The Balaban J connectivity index is 2.46. The van der Waals surface area contributed by atoms with E-state index in [4.69, 9.17) is 0 Å². The second-order valence-electron chi connectivity index (χ2n) is 8.30. The van der Waals surface area contributed by atoms with Crippen LogP contribution >= 0.6 is 0 Å². The summed E-state index contributed by atoms with van der Waals surface area (Å²) in [7, 11) is -3.71. The SMILES string of the molecule is CCCCN(CCCC)S(=O)(=O)c1ccc2[nH]c(=O)cc(C(=O)NCCC(C)C)c2c1. The van der Waals surface area contributed by atoms with Crippen LogP contribution in [0.4, 0.5) is 0 Å². The summed E-state index contributed by atoms with van der Waals surface area (Å²) in [5.74, 6) is 0.0605. The molecule has 1 aromatic carbocycles. The van der Waals surface area contributed by atoms with Crippen molar-refractivity contribution in [3.8, 4) is 0 Å². The van der Waals surface area contributed by atoms with Crippen LogP contribution < -0.4 is 10.9 Å². The van der Waals surface area contributed by atoms with Crippen molar-refractivity contribution in [2.24, 2.45) is 5.92 Å². The van der Waals surface area contributed by atoms with Gasteiger partial charge in [0.25, 0.3) is 5.91 Å². The van der Waals surface area contributed by atoms with E-state index < -0.39 is 15.6 Å². The summed E-state index contributed by atoms with van der Waals surface area (Å²) in [6.07, 6.45) is 4.19. The maximum atomic E-state index is 13.3. The minimum atomic E-state index is -3.71. The minimum Gasteiger partial charge on any atom is -0.352 e. The molecule has 0 unspecified atom stereocenters. The summed E-state index contributed by atoms with van der Waals surface area (Å²) in [5, 5.41) is 3.26. The van der Waals surface area contributed by atoms with Gasteiger partial charge in [-0.1, -0.05) is 40.5 Å². The Morgan fingerprint density at radius 3 is 2.32 bits per heavy atom. The quantitative estimate of drug-likeness (QED) is 0.513. The molecule has 0 aliphatic carbocycles. The Labute approximate surface area is 185 Å². The van der Waals surface area contributed by atoms with Crippen LogP contribution in [0.15, 0.2) is 34.0 Å².